The van der Waals surface area contributed by atoms with Crippen molar-refractivity contribution < 1.29 is 24.1 Å². The topological polar surface area (TPSA) is 65.0 Å². The van der Waals surface area contributed by atoms with Gasteiger partial charge in [0.25, 0.3) is 0 Å². The molecule has 6 heteroatoms. The first kappa shape index (κ1) is 17.1. The zero-order valence-corrected chi connectivity index (χ0v) is 14.2. The van der Waals surface area contributed by atoms with Crippen molar-refractivity contribution >= 4 is 21.9 Å². The van der Waals surface area contributed by atoms with Crippen LogP contribution in [0.3, 0.4) is 0 Å². The molecule has 122 valence electrons. The molecule has 23 heavy (non-hydrogen) atoms. The fraction of sp³-hybridized carbons (Fsp3) is 0.235. The van der Waals surface area contributed by atoms with Gasteiger partial charge in [0, 0.05) is 0 Å². The highest BCUT2D eigenvalue weighted by molar-refractivity contribution is 9.10. The number of carboxylic acid groups (broad SMARTS) is 1. The van der Waals surface area contributed by atoms with Crippen LogP contribution in [-0.2, 0) is 0 Å². The lowest BCUT2D eigenvalue weighted by molar-refractivity contribution is 0.0696. The summed E-state index contributed by atoms with van der Waals surface area (Å²) in [6.45, 7) is 3.18. The minimum atomic E-state index is -0.981. The van der Waals surface area contributed by atoms with Crippen molar-refractivity contribution in [2.24, 2.45) is 0 Å². The van der Waals surface area contributed by atoms with Crippen molar-refractivity contribution in [1.29, 1.82) is 0 Å². The molecule has 0 atom stereocenters. The molecule has 0 radical (unpaired) electrons. The van der Waals surface area contributed by atoms with Gasteiger partial charge in [-0.15, -0.1) is 0 Å². The highest BCUT2D eigenvalue weighted by atomic mass is 79.9. The van der Waals surface area contributed by atoms with E-state index in [1.54, 1.807) is 12.1 Å². The number of hydrogen-bond acceptors (Lipinski definition) is 4. The minimum Gasteiger partial charge on any atom is -0.494 e. The number of hydrogen-bond donors (Lipinski definition) is 1. The largest absolute Gasteiger partial charge is 0.494 e. The molecule has 0 heterocycles. The molecule has 5 nitrogen and oxygen atoms in total. The highest BCUT2D eigenvalue weighted by Crippen LogP contribution is 2.29. The first-order valence-corrected chi connectivity index (χ1v) is 7.90. The van der Waals surface area contributed by atoms with Crippen LogP contribution in [0.1, 0.15) is 17.3 Å². The molecule has 0 aromatic heterocycles. The number of aromatic carboxylic acids is 1. The van der Waals surface area contributed by atoms with Crippen molar-refractivity contribution in [3.63, 3.8) is 0 Å². The minimum absolute atomic E-state index is 0.192. The molecule has 0 unspecified atom stereocenters. The van der Waals surface area contributed by atoms with E-state index in [0.717, 1.165) is 10.2 Å². The lowest BCUT2D eigenvalue weighted by Gasteiger charge is -2.11. The van der Waals surface area contributed by atoms with Gasteiger partial charge >= 0.3 is 5.97 Å². The van der Waals surface area contributed by atoms with Gasteiger partial charge in [0.05, 0.1) is 16.6 Å². The summed E-state index contributed by atoms with van der Waals surface area (Å²) in [7, 11) is 0. The van der Waals surface area contributed by atoms with Crippen molar-refractivity contribution in [2.45, 2.75) is 6.92 Å². The zero-order chi connectivity index (χ0) is 16.7. The van der Waals surface area contributed by atoms with Gasteiger partial charge in [0.15, 0.2) is 0 Å². The van der Waals surface area contributed by atoms with Gasteiger partial charge in [0.2, 0.25) is 0 Å². The number of carboxylic acids is 1. The van der Waals surface area contributed by atoms with E-state index in [1.165, 1.54) is 12.1 Å². The van der Waals surface area contributed by atoms with Crippen molar-refractivity contribution in [1.82, 2.24) is 0 Å². The Bertz CT molecular complexity index is 672. The molecular weight excluding hydrogens is 364 g/mol. The van der Waals surface area contributed by atoms with Gasteiger partial charge in [-0.05, 0) is 59.3 Å². The third-order valence-corrected chi connectivity index (χ3v) is 3.52. The van der Waals surface area contributed by atoms with Crippen LogP contribution >= 0.6 is 15.9 Å². The summed E-state index contributed by atoms with van der Waals surface area (Å²) >= 11 is 3.43. The molecule has 0 amide bonds. The molecule has 2 aromatic carbocycles. The van der Waals surface area contributed by atoms with Gasteiger partial charge < -0.3 is 19.3 Å². The summed E-state index contributed by atoms with van der Waals surface area (Å²) in [5.74, 6) is 0.981. The summed E-state index contributed by atoms with van der Waals surface area (Å²) in [6, 6.07) is 11.8. The van der Waals surface area contributed by atoms with Crippen LogP contribution in [0.2, 0.25) is 0 Å². The Hall–Kier alpha value is -2.21. The second-order valence-corrected chi connectivity index (χ2v) is 5.41. The van der Waals surface area contributed by atoms with Crippen LogP contribution < -0.4 is 14.2 Å². The molecule has 0 bridgehead atoms. The number of ether oxygens (including phenoxy) is 3. The molecule has 0 fully saturated rings. The zero-order valence-electron chi connectivity index (χ0n) is 12.6. The van der Waals surface area contributed by atoms with Crippen molar-refractivity contribution in [3.8, 4) is 17.2 Å². The van der Waals surface area contributed by atoms with E-state index in [0.29, 0.717) is 31.3 Å². The number of carbonyl (C=O) groups is 1. The third-order valence-electron chi connectivity index (χ3n) is 2.90. The predicted octanol–water partition coefficient (Wildman–Crippen LogP) is 4.00. The second kappa shape index (κ2) is 8.43. The molecule has 0 aliphatic heterocycles. The number of rotatable bonds is 8. The summed E-state index contributed by atoms with van der Waals surface area (Å²) in [5, 5.41) is 8.92. The Morgan fingerprint density at radius 3 is 2.48 bits per heavy atom. The maximum Gasteiger partial charge on any atom is 0.335 e. The van der Waals surface area contributed by atoms with E-state index in [1.807, 2.05) is 25.1 Å². The SMILES string of the molecule is CCOc1ccc(OCCOc2cccc(C(=O)O)c2)c(Br)c1. The third kappa shape index (κ3) is 5.17. The summed E-state index contributed by atoms with van der Waals surface area (Å²) in [6.07, 6.45) is 0. The van der Waals surface area contributed by atoms with E-state index in [9.17, 15) is 4.79 Å². The molecular formula is C17H17BrO5. The molecule has 0 aliphatic rings. The fourth-order valence-corrected chi connectivity index (χ4v) is 2.36. The van der Waals surface area contributed by atoms with Crippen LogP contribution in [0.25, 0.3) is 0 Å². The summed E-state index contributed by atoms with van der Waals surface area (Å²) in [4.78, 5) is 10.9. The monoisotopic (exact) mass is 380 g/mol. The maximum absolute atomic E-state index is 10.9. The molecule has 1 N–H and O–H groups in total. The quantitative estimate of drug-likeness (QED) is 0.701. The summed E-state index contributed by atoms with van der Waals surface area (Å²) in [5.41, 5.74) is 0.192. The Morgan fingerprint density at radius 1 is 1.04 bits per heavy atom. The smallest absolute Gasteiger partial charge is 0.335 e. The fourth-order valence-electron chi connectivity index (χ4n) is 1.89. The Kier molecular flexibility index (Phi) is 6.29. The van der Waals surface area contributed by atoms with Crippen LogP contribution in [0.4, 0.5) is 0 Å². The van der Waals surface area contributed by atoms with Crippen molar-refractivity contribution in [3.05, 3.63) is 52.5 Å². The highest BCUT2D eigenvalue weighted by Gasteiger charge is 2.05. The van der Waals surface area contributed by atoms with Crippen LogP contribution in [-0.4, -0.2) is 30.9 Å². The predicted molar refractivity (Wildman–Crippen MR) is 89.7 cm³/mol. The van der Waals surface area contributed by atoms with E-state index in [2.05, 4.69) is 15.9 Å². The molecule has 2 rings (SSSR count). The van der Waals surface area contributed by atoms with E-state index in [4.69, 9.17) is 19.3 Å². The Morgan fingerprint density at radius 2 is 1.78 bits per heavy atom. The first-order valence-electron chi connectivity index (χ1n) is 7.11. The van der Waals surface area contributed by atoms with Gasteiger partial charge in [-0.1, -0.05) is 6.07 Å². The Balaban J connectivity index is 1.83. The lowest BCUT2D eigenvalue weighted by Crippen LogP contribution is -2.09. The normalized spacial score (nSPS) is 10.2. The molecule has 0 saturated heterocycles. The number of benzene rings is 2. The van der Waals surface area contributed by atoms with Crippen LogP contribution in [0, 0.1) is 0 Å². The van der Waals surface area contributed by atoms with E-state index < -0.39 is 5.97 Å². The number of halogens is 1. The van der Waals surface area contributed by atoms with Gasteiger partial charge in [-0.25, -0.2) is 4.79 Å². The maximum atomic E-state index is 10.9. The van der Waals surface area contributed by atoms with E-state index >= 15 is 0 Å². The first-order chi connectivity index (χ1) is 11.1. The lowest BCUT2D eigenvalue weighted by atomic mass is 10.2. The van der Waals surface area contributed by atoms with Crippen molar-refractivity contribution in [2.75, 3.05) is 19.8 Å². The van der Waals surface area contributed by atoms with Crippen LogP contribution in [0.5, 0.6) is 17.2 Å². The van der Waals surface area contributed by atoms with E-state index in [-0.39, 0.29) is 5.56 Å². The van der Waals surface area contributed by atoms with Crippen LogP contribution in [0.15, 0.2) is 46.9 Å². The molecule has 0 aliphatic carbocycles. The van der Waals surface area contributed by atoms with Gasteiger partial charge in [-0.3, -0.25) is 0 Å². The molecule has 2 aromatic rings. The average molecular weight is 381 g/mol. The van der Waals surface area contributed by atoms with Gasteiger partial charge in [0.1, 0.15) is 30.5 Å². The average Bonchev–Trinajstić information content (AvgIpc) is 2.54. The second-order valence-electron chi connectivity index (χ2n) is 4.56. The molecule has 0 spiro atoms. The Labute approximate surface area is 142 Å². The standard InChI is InChI=1S/C17H17BrO5/c1-2-21-14-6-7-16(15(18)11-14)23-9-8-22-13-5-3-4-12(10-13)17(19)20/h3-7,10-11H,2,8-9H2,1H3,(H,19,20). The van der Waals surface area contributed by atoms with Gasteiger partial charge in [-0.2, -0.15) is 0 Å². The summed E-state index contributed by atoms with van der Waals surface area (Å²) < 4.78 is 17.3. The molecule has 0 saturated carbocycles.